The zero-order valence-electron chi connectivity index (χ0n) is 8.97. The first kappa shape index (κ1) is 11.6. The molecule has 0 radical (unpaired) electrons. The van der Waals surface area contributed by atoms with Crippen LogP contribution in [0.3, 0.4) is 0 Å². The lowest BCUT2D eigenvalue weighted by atomic mass is 10.3. The van der Waals surface area contributed by atoms with E-state index >= 15 is 0 Å². The smallest absolute Gasteiger partial charge is 0.0925 e. The Morgan fingerprint density at radius 1 is 1.50 bits per heavy atom. The van der Waals surface area contributed by atoms with Crippen LogP contribution < -0.4 is 5.32 Å². The Bertz CT molecular complexity index is 247. The summed E-state index contributed by atoms with van der Waals surface area (Å²) in [5.74, 6) is 1.27. The van der Waals surface area contributed by atoms with Crippen LogP contribution in [0.2, 0.25) is 0 Å². The number of nitrogens with zero attached hydrogens (tertiary/aromatic N) is 1. The Kier molecular flexibility index (Phi) is 5.71. The van der Waals surface area contributed by atoms with E-state index in [0.717, 1.165) is 18.8 Å². The zero-order valence-corrected chi connectivity index (χ0v) is 9.78. The van der Waals surface area contributed by atoms with E-state index in [1.165, 1.54) is 24.3 Å². The predicted molar refractivity (Wildman–Crippen MR) is 62.6 cm³/mol. The number of unbranched alkanes of at least 4 members (excludes halogenated alkanes) is 1. The van der Waals surface area contributed by atoms with Crippen LogP contribution in [0.15, 0.2) is 6.33 Å². The standard InChI is InChI=1S/C10H19N3S/c1-9-10(13-8-12-9)7-11-5-3-4-6-14-2/h8,11H,3-7H2,1-2H3,(H,12,13). The summed E-state index contributed by atoms with van der Waals surface area (Å²) in [5.41, 5.74) is 2.30. The first-order chi connectivity index (χ1) is 6.84. The van der Waals surface area contributed by atoms with Gasteiger partial charge in [0.05, 0.1) is 12.0 Å². The van der Waals surface area contributed by atoms with Crippen LogP contribution in [0.25, 0.3) is 0 Å². The van der Waals surface area contributed by atoms with E-state index in [9.17, 15) is 0 Å². The van der Waals surface area contributed by atoms with Gasteiger partial charge in [-0.15, -0.1) is 0 Å². The summed E-state index contributed by atoms with van der Waals surface area (Å²) in [5, 5.41) is 3.40. The molecule has 0 fully saturated rings. The minimum atomic E-state index is 0.884. The molecule has 0 aromatic carbocycles. The van der Waals surface area contributed by atoms with Gasteiger partial charge >= 0.3 is 0 Å². The maximum atomic E-state index is 4.23. The average molecular weight is 213 g/mol. The maximum Gasteiger partial charge on any atom is 0.0925 e. The number of imidazole rings is 1. The number of hydrogen-bond donors (Lipinski definition) is 2. The van der Waals surface area contributed by atoms with E-state index in [-0.39, 0.29) is 0 Å². The summed E-state index contributed by atoms with van der Waals surface area (Å²) in [6.07, 6.45) is 6.46. The number of hydrogen-bond acceptors (Lipinski definition) is 3. The molecule has 0 saturated carbocycles. The Balaban J connectivity index is 2.02. The van der Waals surface area contributed by atoms with Crippen molar-refractivity contribution >= 4 is 11.8 Å². The number of nitrogens with one attached hydrogen (secondary N) is 2. The van der Waals surface area contributed by atoms with Gasteiger partial charge in [-0.25, -0.2) is 4.98 Å². The highest BCUT2D eigenvalue weighted by atomic mass is 32.2. The largest absolute Gasteiger partial charge is 0.348 e. The molecule has 0 aliphatic rings. The Morgan fingerprint density at radius 3 is 3.00 bits per heavy atom. The second-order valence-electron chi connectivity index (χ2n) is 3.35. The van der Waals surface area contributed by atoms with Crippen LogP contribution in [-0.2, 0) is 6.54 Å². The number of H-pyrrole nitrogens is 1. The van der Waals surface area contributed by atoms with Crippen molar-refractivity contribution in [1.29, 1.82) is 0 Å². The predicted octanol–water partition coefficient (Wildman–Crippen LogP) is 1.95. The second kappa shape index (κ2) is 6.90. The van der Waals surface area contributed by atoms with Crippen LogP contribution in [0.1, 0.15) is 24.2 Å². The Hall–Kier alpha value is -0.480. The number of aryl methyl sites for hydroxylation is 1. The number of aromatic nitrogens is 2. The van der Waals surface area contributed by atoms with Gasteiger partial charge in [0.25, 0.3) is 0 Å². The van der Waals surface area contributed by atoms with E-state index in [0.29, 0.717) is 0 Å². The molecule has 0 bridgehead atoms. The summed E-state index contributed by atoms with van der Waals surface area (Å²) < 4.78 is 0. The van der Waals surface area contributed by atoms with Crippen LogP contribution in [0, 0.1) is 6.92 Å². The zero-order chi connectivity index (χ0) is 10.2. The fourth-order valence-electron chi connectivity index (χ4n) is 1.27. The van der Waals surface area contributed by atoms with Crippen LogP contribution in [-0.4, -0.2) is 28.5 Å². The molecule has 0 spiro atoms. The summed E-state index contributed by atoms with van der Waals surface area (Å²) in [4.78, 5) is 7.30. The fraction of sp³-hybridized carbons (Fsp3) is 0.700. The molecule has 0 atom stereocenters. The maximum absolute atomic E-state index is 4.23. The van der Waals surface area contributed by atoms with Crippen molar-refractivity contribution in [2.45, 2.75) is 26.3 Å². The van der Waals surface area contributed by atoms with Crippen molar-refractivity contribution < 1.29 is 0 Å². The lowest BCUT2D eigenvalue weighted by Gasteiger charge is -2.02. The monoisotopic (exact) mass is 213 g/mol. The molecule has 14 heavy (non-hydrogen) atoms. The van der Waals surface area contributed by atoms with Gasteiger partial charge in [-0.2, -0.15) is 11.8 Å². The average Bonchev–Trinajstić information content (AvgIpc) is 2.58. The van der Waals surface area contributed by atoms with E-state index in [1.807, 2.05) is 11.8 Å². The molecule has 3 nitrogen and oxygen atoms in total. The van der Waals surface area contributed by atoms with Gasteiger partial charge in [-0.05, 0) is 38.3 Å². The Labute approximate surface area is 90.1 Å². The molecule has 1 heterocycles. The molecule has 0 aliphatic heterocycles. The molecule has 2 N–H and O–H groups in total. The van der Waals surface area contributed by atoms with E-state index in [1.54, 1.807) is 6.33 Å². The summed E-state index contributed by atoms with van der Waals surface area (Å²) in [6, 6.07) is 0. The second-order valence-corrected chi connectivity index (χ2v) is 4.34. The van der Waals surface area contributed by atoms with E-state index in [4.69, 9.17) is 0 Å². The Morgan fingerprint density at radius 2 is 2.36 bits per heavy atom. The normalized spacial score (nSPS) is 10.7. The van der Waals surface area contributed by atoms with Crippen molar-refractivity contribution in [2.24, 2.45) is 0 Å². The van der Waals surface area contributed by atoms with Gasteiger partial charge in [0.15, 0.2) is 0 Å². The molecule has 4 heteroatoms. The highest BCUT2D eigenvalue weighted by Gasteiger charge is 1.98. The molecule has 0 unspecified atom stereocenters. The molecule has 0 saturated heterocycles. The van der Waals surface area contributed by atoms with E-state index in [2.05, 4.69) is 28.5 Å². The molecule has 80 valence electrons. The third-order valence-corrected chi connectivity index (χ3v) is 2.88. The summed E-state index contributed by atoms with van der Waals surface area (Å²) in [6.45, 7) is 4.03. The van der Waals surface area contributed by atoms with Gasteiger partial charge in [-0.1, -0.05) is 0 Å². The number of rotatable bonds is 7. The molecular formula is C10H19N3S. The van der Waals surface area contributed by atoms with Crippen molar-refractivity contribution in [1.82, 2.24) is 15.3 Å². The third kappa shape index (κ3) is 4.15. The third-order valence-electron chi connectivity index (χ3n) is 2.18. The summed E-state index contributed by atoms with van der Waals surface area (Å²) in [7, 11) is 0. The quantitative estimate of drug-likeness (QED) is 0.680. The highest BCUT2D eigenvalue weighted by Crippen LogP contribution is 2.00. The van der Waals surface area contributed by atoms with Crippen molar-refractivity contribution in [3.63, 3.8) is 0 Å². The molecular weight excluding hydrogens is 194 g/mol. The van der Waals surface area contributed by atoms with Crippen molar-refractivity contribution in [3.05, 3.63) is 17.7 Å². The molecule has 0 aliphatic carbocycles. The number of aromatic amines is 1. The van der Waals surface area contributed by atoms with Crippen molar-refractivity contribution in [3.8, 4) is 0 Å². The van der Waals surface area contributed by atoms with Crippen molar-refractivity contribution in [2.75, 3.05) is 18.6 Å². The highest BCUT2D eigenvalue weighted by molar-refractivity contribution is 7.98. The lowest BCUT2D eigenvalue weighted by molar-refractivity contribution is 0.635. The molecule has 0 amide bonds. The van der Waals surface area contributed by atoms with Gasteiger partial charge in [-0.3, -0.25) is 0 Å². The fourth-order valence-corrected chi connectivity index (χ4v) is 1.76. The number of thioether (sulfide) groups is 1. The van der Waals surface area contributed by atoms with Crippen LogP contribution >= 0.6 is 11.8 Å². The topological polar surface area (TPSA) is 40.7 Å². The molecule has 1 rings (SSSR count). The van der Waals surface area contributed by atoms with Gasteiger partial charge in [0.2, 0.25) is 0 Å². The van der Waals surface area contributed by atoms with Gasteiger partial charge in [0, 0.05) is 12.2 Å². The van der Waals surface area contributed by atoms with Gasteiger partial charge < -0.3 is 10.3 Å². The van der Waals surface area contributed by atoms with Crippen LogP contribution in [0.5, 0.6) is 0 Å². The van der Waals surface area contributed by atoms with E-state index < -0.39 is 0 Å². The first-order valence-electron chi connectivity index (χ1n) is 5.03. The lowest BCUT2D eigenvalue weighted by Crippen LogP contribution is -2.15. The first-order valence-corrected chi connectivity index (χ1v) is 6.42. The van der Waals surface area contributed by atoms with Gasteiger partial charge in [0.1, 0.15) is 0 Å². The molecule has 1 aromatic rings. The molecule has 1 aromatic heterocycles. The SMILES string of the molecule is CSCCCCNCc1nc[nH]c1C. The summed E-state index contributed by atoms with van der Waals surface area (Å²) >= 11 is 1.91. The minimum absolute atomic E-state index is 0.884. The minimum Gasteiger partial charge on any atom is -0.348 e. The van der Waals surface area contributed by atoms with Crippen LogP contribution in [0.4, 0.5) is 0 Å².